The Bertz CT molecular complexity index is 744. The van der Waals surface area contributed by atoms with Crippen LogP contribution in [0.2, 0.25) is 0 Å². The molecule has 5 heteroatoms. The van der Waals surface area contributed by atoms with Gasteiger partial charge in [0.2, 0.25) is 0 Å². The van der Waals surface area contributed by atoms with E-state index in [1.54, 1.807) is 13.0 Å². The van der Waals surface area contributed by atoms with Gasteiger partial charge in [0.25, 0.3) is 9.05 Å². The predicted molar refractivity (Wildman–Crippen MR) is 79.1 cm³/mol. The van der Waals surface area contributed by atoms with Crippen molar-refractivity contribution in [3.63, 3.8) is 0 Å². The molecule has 0 fully saturated rings. The fourth-order valence-corrected chi connectivity index (χ4v) is 3.78. The van der Waals surface area contributed by atoms with Crippen molar-refractivity contribution in [3.8, 4) is 0 Å². The van der Waals surface area contributed by atoms with Crippen LogP contribution in [0.3, 0.4) is 0 Å². The number of rotatable bonds is 4. The highest BCUT2D eigenvalue weighted by molar-refractivity contribution is 8.14. The largest absolute Gasteiger partial charge is 0.343 e. The zero-order valence-electron chi connectivity index (χ0n) is 11.0. The standard InChI is InChI=1S/C14H16ClNO2S/c1-10(2)8-9-16-11(3)14(19(15,17)18)12-6-4-5-7-13(12)16/h4-7H,1,8-9H2,2-3H3. The van der Waals surface area contributed by atoms with E-state index in [4.69, 9.17) is 10.7 Å². The molecule has 102 valence electrons. The molecule has 0 spiro atoms. The maximum absolute atomic E-state index is 11.8. The fraction of sp³-hybridized carbons (Fsp3) is 0.286. The van der Waals surface area contributed by atoms with Crippen LogP contribution in [0.4, 0.5) is 0 Å². The first-order valence-electron chi connectivity index (χ1n) is 5.99. The SMILES string of the molecule is C=C(C)CCn1c(C)c(S(=O)(=O)Cl)c2ccccc21. The Kier molecular flexibility index (Phi) is 3.74. The molecule has 3 nitrogen and oxygen atoms in total. The van der Waals surface area contributed by atoms with Gasteiger partial charge in [-0.1, -0.05) is 23.8 Å². The number of hydrogen-bond donors (Lipinski definition) is 0. The summed E-state index contributed by atoms with van der Waals surface area (Å²) in [5, 5.41) is 0.678. The topological polar surface area (TPSA) is 39.1 Å². The maximum Gasteiger partial charge on any atom is 0.263 e. The van der Waals surface area contributed by atoms with Crippen molar-refractivity contribution >= 4 is 30.6 Å². The second-order valence-electron chi connectivity index (χ2n) is 4.73. The van der Waals surface area contributed by atoms with Gasteiger partial charge in [-0.2, -0.15) is 0 Å². The Morgan fingerprint density at radius 2 is 2.00 bits per heavy atom. The second-order valence-corrected chi connectivity index (χ2v) is 7.23. The molecular formula is C14H16ClNO2S. The highest BCUT2D eigenvalue weighted by Crippen LogP contribution is 2.32. The van der Waals surface area contributed by atoms with Crippen LogP contribution in [0.5, 0.6) is 0 Å². The number of halogens is 1. The number of para-hydroxylation sites is 1. The molecule has 2 aromatic rings. The third-order valence-corrected chi connectivity index (χ3v) is 4.64. The summed E-state index contributed by atoms with van der Waals surface area (Å²) in [6.07, 6.45) is 0.807. The first-order valence-corrected chi connectivity index (χ1v) is 8.30. The lowest BCUT2D eigenvalue weighted by Gasteiger charge is -2.08. The Balaban J connectivity index is 2.71. The summed E-state index contributed by atoms with van der Waals surface area (Å²) in [6, 6.07) is 7.40. The van der Waals surface area contributed by atoms with Gasteiger partial charge in [0.1, 0.15) is 4.90 Å². The number of allylic oxidation sites excluding steroid dienone is 1. The van der Waals surface area contributed by atoms with Gasteiger partial charge in [0.05, 0.1) is 0 Å². The van der Waals surface area contributed by atoms with Crippen LogP contribution in [-0.4, -0.2) is 13.0 Å². The van der Waals surface area contributed by atoms with Crippen molar-refractivity contribution in [1.29, 1.82) is 0 Å². The Labute approximate surface area is 117 Å². The summed E-state index contributed by atoms with van der Waals surface area (Å²) in [4.78, 5) is 0.214. The number of aromatic nitrogens is 1. The van der Waals surface area contributed by atoms with E-state index in [1.165, 1.54) is 0 Å². The van der Waals surface area contributed by atoms with Crippen molar-refractivity contribution in [2.75, 3.05) is 0 Å². The summed E-state index contributed by atoms with van der Waals surface area (Å²) in [5.41, 5.74) is 2.63. The quantitative estimate of drug-likeness (QED) is 0.635. The molecule has 0 amide bonds. The Morgan fingerprint density at radius 1 is 1.37 bits per heavy atom. The van der Waals surface area contributed by atoms with E-state index in [0.29, 0.717) is 17.6 Å². The molecule has 1 aromatic heterocycles. The number of benzene rings is 1. The molecule has 19 heavy (non-hydrogen) atoms. The van der Waals surface area contributed by atoms with Gasteiger partial charge in [-0.05, 0) is 26.3 Å². The van der Waals surface area contributed by atoms with Crippen LogP contribution in [0.15, 0.2) is 41.3 Å². The molecular weight excluding hydrogens is 282 g/mol. The van der Waals surface area contributed by atoms with E-state index in [1.807, 2.05) is 29.7 Å². The average Bonchev–Trinajstić information content (AvgIpc) is 2.57. The smallest absolute Gasteiger partial charge is 0.263 e. The summed E-state index contributed by atoms with van der Waals surface area (Å²) >= 11 is 0. The minimum Gasteiger partial charge on any atom is -0.343 e. The third kappa shape index (κ3) is 2.69. The summed E-state index contributed by atoms with van der Waals surface area (Å²) in [6.45, 7) is 8.32. The Morgan fingerprint density at radius 3 is 2.58 bits per heavy atom. The number of fused-ring (bicyclic) bond motifs is 1. The van der Waals surface area contributed by atoms with Crippen LogP contribution >= 0.6 is 10.7 Å². The predicted octanol–water partition coefficient (Wildman–Crippen LogP) is 3.84. The fourth-order valence-electron chi connectivity index (χ4n) is 2.30. The zero-order chi connectivity index (χ0) is 14.2. The van der Waals surface area contributed by atoms with Crippen molar-refractivity contribution in [2.45, 2.75) is 31.7 Å². The lowest BCUT2D eigenvalue weighted by atomic mass is 10.2. The minimum absolute atomic E-state index is 0.214. The van der Waals surface area contributed by atoms with Crippen LogP contribution in [0, 0.1) is 6.92 Å². The van der Waals surface area contributed by atoms with Gasteiger partial charge in [-0.25, -0.2) is 8.42 Å². The maximum atomic E-state index is 11.8. The van der Waals surface area contributed by atoms with Crippen molar-refractivity contribution in [1.82, 2.24) is 4.57 Å². The zero-order valence-corrected chi connectivity index (χ0v) is 12.6. The van der Waals surface area contributed by atoms with Gasteiger partial charge in [0, 0.05) is 33.8 Å². The van der Waals surface area contributed by atoms with Crippen molar-refractivity contribution in [3.05, 3.63) is 42.1 Å². The van der Waals surface area contributed by atoms with Gasteiger partial charge >= 0.3 is 0 Å². The van der Waals surface area contributed by atoms with E-state index in [0.717, 1.165) is 17.5 Å². The molecule has 1 aromatic carbocycles. The van der Waals surface area contributed by atoms with Gasteiger partial charge < -0.3 is 4.57 Å². The van der Waals surface area contributed by atoms with E-state index in [-0.39, 0.29) is 4.90 Å². The lowest BCUT2D eigenvalue weighted by molar-refractivity contribution is 0.608. The normalized spacial score (nSPS) is 11.9. The monoisotopic (exact) mass is 297 g/mol. The van der Waals surface area contributed by atoms with Crippen LogP contribution in [-0.2, 0) is 15.6 Å². The van der Waals surface area contributed by atoms with Crippen molar-refractivity contribution in [2.24, 2.45) is 0 Å². The lowest BCUT2D eigenvalue weighted by Crippen LogP contribution is -2.02. The molecule has 0 radical (unpaired) electrons. The van der Waals surface area contributed by atoms with Gasteiger partial charge in [0.15, 0.2) is 0 Å². The molecule has 1 heterocycles. The molecule has 0 saturated carbocycles. The third-order valence-electron chi connectivity index (χ3n) is 3.18. The molecule has 0 saturated heterocycles. The molecule has 2 rings (SSSR count). The highest BCUT2D eigenvalue weighted by atomic mass is 35.7. The van der Waals surface area contributed by atoms with E-state index in [2.05, 4.69) is 6.58 Å². The molecule has 0 aliphatic rings. The number of hydrogen-bond acceptors (Lipinski definition) is 2. The highest BCUT2D eigenvalue weighted by Gasteiger charge is 2.22. The minimum atomic E-state index is -3.75. The summed E-state index contributed by atoms with van der Waals surface area (Å²) < 4.78 is 25.5. The first kappa shape index (κ1) is 14.2. The molecule has 0 aliphatic carbocycles. The van der Waals surface area contributed by atoms with Crippen LogP contribution in [0.1, 0.15) is 19.0 Å². The molecule has 0 aliphatic heterocycles. The van der Waals surface area contributed by atoms with Crippen molar-refractivity contribution < 1.29 is 8.42 Å². The average molecular weight is 298 g/mol. The number of aryl methyl sites for hydroxylation is 1. The van der Waals surface area contributed by atoms with E-state index in [9.17, 15) is 8.42 Å². The number of nitrogens with zero attached hydrogens (tertiary/aromatic N) is 1. The Hall–Kier alpha value is -1.26. The second kappa shape index (κ2) is 5.02. The summed E-state index contributed by atoms with van der Waals surface area (Å²) in [5.74, 6) is 0. The van der Waals surface area contributed by atoms with E-state index < -0.39 is 9.05 Å². The molecule has 0 atom stereocenters. The van der Waals surface area contributed by atoms with Crippen LogP contribution in [0.25, 0.3) is 10.9 Å². The van der Waals surface area contributed by atoms with Gasteiger partial charge in [-0.3, -0.25) is 0 Å². The molecule has 0 bridgehead atoms. The van der Waals surface area contributed by atoms with E-state index >= 15 is 0 Å². The summed E-state index contributed by atoms with van der Waals surface area (Å²) in [7, 11) is 1.81. The first-order chi connectivity index (χ1) is 8.82. The van der Waals surface area contributed by atoms with Gasteiger partial charge in [-0.15, -0.1) is 6.58 Å². The molecule has 0 unspecified atom stereocenters. The van der Waals surface area contributed by atoms with Crippen LogP contribution < -0.4 is 0 Å². The molecule has 0 N–H and O–H groups in total.